The fourth-order valence-corrected chi connectivity index (χ4v) is 2.18. The number of hydrogen-bond acceptors (Lipinski definition) is 4. The van der Waals surface area contributed by atoms with Crippen LogP contribution in [-0.2, 0) is 9.53 Å². The number of ether oxygens (including phenoxy) is 1. The van der Waals surface area contributed by atoms with Gasteiger partial charge in [-0.05, 0) is 26.7 Å². The summed E-state index contributed by atoms with van der Waals surface area (Å²) in [5, 5.41) is 12.5. The summed E-state index contributed by atoms with van der Waals surface area (Å²) in [6, 6.07) is -0.257. The maximum atomic E-state index is 11.5. The number of carbonyl (C=O) groups excluding carboxylic acids is 1. The molecule has 0 aromatic heterocycles. The van der Waals surface area contributed by atoms with E-state index in [1.165, 1.54) is 0 Å². The molecule has 0 spiro atoms. The first kappa shape index (κ1) is 12.5. The molecule has 15 heavy (non-hydrogen) atoms. The Balaban J connectivity index is 2.64. The van der Waals surface area contributed by atoms with Gasteiger partial charge in [-0.2, -0.15) is 0 Å². The summed E-state index contributed by atoms with van der Waals surface area (Å²) < 4.78 is 4.97. The van der Waals surface area contributed by atoms with Crippen LogP contribution < -0.4 is 5.32 Å². The van der Waals surface area contributed by atoms with Crippen molar-refractivity contribution in [3.05, 3.63) is 0 Å². The molecule has 0 aromatic carbocycles. The average molecular weight is 215 g/mol. The van der Waals surface area contributed by atoms with Gasteiger partial charge in [-0.25, -0.2) is 0 Å². The molecule has 2 N–H and O–H groups in total. The Hall–Kier alpha value is -0.610. The van der Waals surface area contributed by atoms with E-state index in [4.69, 9.17) is 4.74 Å². The van der Waals surface area contributed by atoms with Crippen LogP contribution in [0.3, 0.4) is 0 Å². The van der Waals surface area contributed by atoms with Crippen LogP contribution in [0.4, 0.5) is 0 Å². The molecule has 1 aliphatic heterocycles. The third kappa shape index (κ3) is 2.49. The van der Waals surface area contributed by atoms with Crippen molar-refractivity contribution >= 4 is 5.97 Å². The smallest absolute Gasteiger partial charge is 0.323 e. The van der Waals surface area contributed by atoms with Gasteiger partial charge in [-0.1, -0.05) is 6.92 Å². The van der Waals surface area contributed by atoms with Gasteiger partial charge in [0, 0.05) is 18.1 Å². The van der Waals surface area contributed by atoms with E-state index in [0.717, 1.165) is 6.42 Å². The summed E-state index contributed by atoms with van der Waals surface area (Å²) in [6.45, 7) is 6.43. The standard InChI is InChI=1S/C11H21NO3/c1-4-11(3)8(7-13)6-9(12-11)10(14)15-5-2/h8-9,12-13H,4-7H2,1-3H3. The predicted octanol–water partition coefficient (Wildman–Crippen LogP) is 0.689. The molecule has 3 atom stereocenters. The third-order valence-electron chi connectivity index (χ3n) is 3.45. The van der Waals surface area contributed by atoms with Gasteiger partial charge in [0.1, 0.15) is 6.04 Å². The summed E-state index contributed by atoms with van der Waals surface area (Å²) >= 11 is 0. The zero-order valence-electron chi connectivity index (χ0n) is 9.75. The molecule has 1 heterocycles. The van der Waals surface area contributed by atoms with Crippen molar-refractivity contribution in [3.8, 4) is 0 Å². The van der Waals surface area contributed by atoms with E-state index >= 15 is 0 Å². The summed E-state index contributed by atoms with van der Waals surface area (Å²) in [4.78, 5) is 11.5. The predicted molar refractivity (Wildman–Crippen MR) is 57.4 cm³/mol. The lowest BCUT2D eigenvalue weighted by atomic mass is 9.85. The number of nitrogens with one attached hydrogen (secondary N) is 1. The highest BCUT2D eigenvalue weighted by atomic mass is 16.5. The van der Waals surface area contributed by atoms with Gasteiger partial charge in [-0.3, -0.25) is 10.1 Å². The minimum atomic E-state index is -0.257. The molecular weight excluding hydrogens is 194 g/mol. The molecule has 1 fully saturated rings. The number of hydrogen-bond donors (Lipinski definition) is 2. The lowest BCUT2D eigenvalue weighted by Gasteiger charge is -2.29. The SMILES string of the molecule is CCOC(=O)C1CC(CO)C(C)(CC)N1. The van der Waals surface area contributed by atoms with Gasteiger partial charge in [0.2, 0.25) is 0 Å². The molecule has 0 saturated carbocycles. The Bertz CT molecular complexity index is 232. The van der Waals surface area contributed by atoms with Crippen molar-refractivity contribution in [2.75, 3.05) is 13.2 Å². The first-order valence-electron chi connectivity index (χ1n) is 5.62. The van der Waals surface area contributed by atoms with E-state index in [1.807, 2.05) is 6.92 Å². The van der Waals surface area contributed by atoms with Crippen molar-refractivity contribution in [1.29, 1.82) is 0 Å². The number of aliphatic hydroxyl groups is 1. The summed E-state index contributed by atoms with van der Waals surface area (Å²) in [7, 11) is 0. The second kappa shape index (κ2) is 4.94. The fourth-order valence-electron chi connectivity index (χ4n) is 2.18. The van der Waals surface area contributed by atoms with Crippen molar-refractivity contribution in [2.45, 2.75) is 45.2 Å². The minimum Gasteiger partial charge on any atom is -0.465 e. The molecule has 1 saturated heterocycles. The molecule has 1 rings (SSSR count). The van der Waals surface area contributed by atoms with Gasteiger partial charge >= 0.3 is 5.97 Å². The molecule has 0 amide bonds. The second-order valence-electron chi connectivity index (χ2n) is 4.34. The monoisotopic (exact) mass is 215 g/mol. The zero-order chi connectivity index (χ0) is 11.5. The first-order chi connectivity index (χ1) is 7.07. The van der Waals surface area contributed by atoms with Gasteiger partial charge in [0.25, 0.3) is 0 Å². The zero-order valence-corrected chi connectivity index (χ0v) is 9.75. The molecule has 4 nitrogen and oxygen atoms in total. The maximum Gasteiger partial charge on any atom is 0.323 e. The number of rotatable bonds is 4. The lowest BCUT2D eigenvalue weighted by molar-refractivity contribution is -0.145. The van der Waals surface area contributed by atoms with E-state index in [-0.39, 0.29) is 30.1 Å². The molecule has 0 aromatic rings. The Labute approximate surface area is 91.0 Å². The molecule has 3 unspecified atom stereocenters. The fraction of sp³-hybridized carbons (Fsp3) is 0.909. The average Bonchev–Trinajstić information content (AvgIpc) is 2.57. The van der Waals surface area contributed by atoms with Crippen molar-refractivity contribution in [3.63, 3.8) is 0 Å². The minimum absolute atomic E-state index is 0.118. The number of aliphatic hydroxyl groups excluding tert-OH is 1. The van der Waals surface area contributed by atoms with Crippen molar-refractivity contribution in [1.82, 2.24) is 5.32 Å². The van der Waals surface area contributed by atoms with Crippen molar-refractivity contribution in [2.24, 2.45) is 5.92 Å². The maximum absolute atomic E-state index is 11.5. The van der Waals surface area contributed by atoms with Crippen LogP contribution >= 0.6 is 0 Å². The lowest BCUT2D eigenvalue weighted by Crippen LogP contribution is -2.46. The van der Waals surface area contributed by atoms with Crippen LogP contribution in [0.15, 0.2) is 0 Å². The second-order valence-corrected chi connectivity index (χ2v) is 4.34. The molecule has 1 aliphatic rings. The van der Waals surface area contributed by atoms with E-state index < -0.39 is 0 Å². The normalized spacial score (nSPS) is 35.5. The topological polar surface area (TPSA) is 58.6 Å². The largest absolute Gasteiger partial charge is 0.465 e. The van der Waals surface area contributed by atoms with Gasteiger partial charge in [-0.15, -0.1) is 0 Å². The molecule has 0 radical (unpaired) electrons. The van der Waals surface area contributed by atoms with Crippen LogP contribution in [0.2, 0.25) is 0 Å². The number of esters is 1. The summed E-state index contributed by atoms with van der Waals surface area (Å²) in [5.74, 6) is -0.0648. The Kier molecular flexibility index (Phi) is 4.11. The summed E-state index contributed by atoms with van der Waals surface area (Å²) in [6.07, 6.45) is 1.56. The highest BCUT2D eigenvalue weighted by Crippen LogP contribution is 2.32. The van der Waals surface area contributed by atoms with E-state index in [1.54, 1.807) is 6.92 Å². The van der Waals surface area contributed by atoms with Crippen LogP contribution in [-0.4, -0.2) is 35.9 Å². The molecular formula is C11H21NO3. The van der Waals surface area contributed by atoms with Crippen LogP contribution in [0, 0.1) is 5.92 Å². The molecule has 88 valence electrons. The number of carbonyl (C=O) groups is 1. The first-order valence-corrected chi connectivity index (χ1v) is 5.62. The quantitative estimate of drug-likeness (QED) is 0.677. The van der Waals surface area contributed by atoms with Crippen LogP contribution in [0.25, 0.3) is 0 Å². The molecule has 0 bridgehead atoms. The van der Waals surface area contributed by atoms with E-state index in [2.05, 4.69) is 12.2 Å². The molecule has 4 heteroatoms. The van der Waals surface area contributed by atoms with Crippen LogP contribution in [0.1, 0.15) is 33.6 Å². The van der Waals surface area contributed by atoms with E-state index in [9.17, 15) is 9.90 Å². The van der Waals surface area contributed by atoms with Gasteiger partial charge in [0.05, 0.1) is 6.61 Å². The van der Waals surface area contributed by atoms with Gasteiger partial charge in [0.15, 0.2) is 0 Å². The highest BCUT2D eigenvalue weighted by molar-refractivity contribution is 5.76. The van der Waals surface area contributed by atoms with Crippen LogP contribution in [0.5, 0.6) is 0 Å². The third-order valence-corrected chi connectivity index (χ3v) is 3.45. The Morgan fingerprint density at radius 2 is 2.27 bits per heavy atom. The van der Waals surface area contributed by atoms with Gasteiger partial charge < -0.3 is 9.84 Å². The Morgan fingerprint density at radius 1 is 1.60 bits per heavy atom. The highest BCUT2D eigenvalue weighted by Gasteiger charge is 2.44. The summed E-state index contributed by atoms with van der Waals surface area (Å²) in [5.41, 5.74) is -0.147. The Morgan fingerprint density at radius 3 is 2.67 bits per heavy atom. The van der Waals surface area contributed by atoms with Crippen molar-refractivity contribution < 1.29 is 14.6 Å². The van der Waals surface area contributed by atoms with E-state index in [0.29, 0.717) is 13.0 Å². The molecule has 0 aliphatic carbocycles.